The lowest BCUT2D eigenvalue weighted by Gasteiger charge is -2.07. The first-order chi connectivity index (χ1) is 4.83. The third kappa shape index (κ3) is 0.339. The van der Waals surface area contributed by atoms with Crippen molar-refractivity contribution in [1.82, 2.24) is 0 Å². The van der Waals surface area contributed by atoms with Crippen molar-refractivity contribution in [3.05, 3.63) is 12.7 Å². The van der Waals surface area contributed by atoms with E-state index >= 15 is 0 Å². The maximum absolute atomic E-state index is 5.54. The van der Waals surface area contributed by atoms with Crippen LogP contribution in [0.4, 0.5) is 0 Å². The van der Waals surface area contributed by atoms with Crippen LogP contribution in [0, 0.1) is 0 Å². The molecule has 3 fully saturated rings. The van der Waals surface area contributed by atoms with Gasteiger partial charge in [0.1, 0.15) is 11.7 Å². The molecule has 3 atom stereocenters. The molecule has 0 aromatic carbocycles. The second-order valence-electron chi connectivity index (χ2n) is 3.36. The zero-order valence-electron chi connectivity index (χ0n) is 5.80. The van der Waals surface area contributed by atoms with Crippen LogP contribution in [0.5, 0.6) is 0 Å². The Bertz CT molecular complexity index is 209. The molecule has 1 saturated carbocycles. The van der Waals surface area contributed by atoms with Crippen LogP contribution >= 0.6 is 0 Å². The molecule has 2 heteroatoms. The molecule has 0 amide bonds. The van der Waals surface area contributed by atoms with Gasteiger partial charge in [0.2, 0.25) is 5.79 Å². The van der Waals surface area contributed by atoms with Crippen molar-refractivity contribution in [2.75, 3.05) is 0 Å². The molecule has 2 nitrogen and oxygen atoms in total. The van der Waals surface area contributed by atoms with Gasteiger partial charge in [-0.1, -0.05) is 6.08 Å². The lowest BCUT2D eigenvalue weighted by Crippen LogP contribution is -2.19. The Hall–Kier alpha value is -0.340. The SMILES string of the molecule is C=CC12CCCC3OC31O2. The number of ether oxygens (including phenoxy) is 2. The minimum absolute atomic E-state index is 0.0596. The fourth-order valence-corrected chi connectivity index (χ4v) is 2.19. The summed E-state index contributed by atoms with van der Waals surface area (Å²) >= 11 is 0. The predicted molar refractivity (Wildman–Crippen MR) is 35.5 cm³/mol. The van der Waals surface area contributed by atoms with E-state index in [0.717, 1.165) is 6.42 Å². The minimum Gasteiger partial charge on any atom is -0.336 e. The predicted octanol–water partition coefficient (Wildman–Crippen LogP) is 1.22. The van der Waals surface area contributed by atoms with Crippen molar-refractivity contribution in [3.63, 3.8) is 0 Å². The van der Waals surface area contributed by atoms with Crippen LogP contribution in [-0.4, -0.2) is 17.5 Å². The van der Waals surface area contributed by atoms with Crippen molar-refractivity contribution in [2.45, 2.75) is 36.8 Å². The molecule has 3 aliphatic rings. The molecular weight excluding hydrogens is 128 g/mol. The van der Waals surface area contributed by atoms with Gasteiger partial charge in [-0.05, 0) is 19.3 Å². The highest BCUT2D eigenvalue weighted by Crippen LogP contribution is 2.69. The Kier molecular flexibility index (Phi) is 0.634. The molecule has 0 radical (unpaired) electrons. The summed E-state index contributed by atoms with van der Waals surface area (Å²) in [5, 5.41) is 0. The van der Waals surface area contributed by atoms with Crippen LogP contribution in [0.3, 0.4) is 0 Å². The van der Waals surface area contributed by atoms with Crippen LogP contribution < -0.4 is 0 Å². The standard InChI is InChI=1S/C8H10O2/c1-2-7-5-3-4-6-8(7,9-6)10-7/h2,6H,1,3-5H2. The molecule has 3 rings (SSSR count). The zero-order chi connectivity index (χ0) is 6.82. The van der Waals surface area contributed by atoms with Gasteiger partial charge >= 0.3 is 0 Å². The molecule has 0 N–H and O–H groups in total. The van der Waals surface area contributed by atoms with Crippen LogP contribution in [0.1, 0.15) is 19.3 Å². The second-order valence-corrected chi connectivity index (χ2v) is 3.36. The van der Waals surface area contributed by atoms with E-state index in [1.165, 1.54) is 12.8 Å². The van der Waals surface area contributed by atoms with Gasteiger partial charge in [0, 0.05) is 0 Å². The van der Waals surface area contributed by atoms with Gasteiger partial charge in [-0.15, -0.1) is 6.58 Å². The summed E-state index contributed by atoms with van der Waals surface area (Å²) in [6.07, 6.45) is 5.81. The van der Waals surface area contributed by atoms with E-state index in [4.69, 9.17) is 9.47 Å². The zero-order valence-corrected chi connectivity index (χ0v) is 5.80. The number of epoxide rings is 2. The normalized spacial score (nSPS) is 62.2. The first-order valence-corrected chi connectivity index (χ1v) is 3.85. The lowest BCUT2D eigenvalue weighted by molar-refractivity contribution is 0.234. The average molecular weight is 138 g/mol. The average Bonchev–Trinajstić information content (AvgIpc) is 2.72. The van der Waals surface area contributed by atoms with Crippen molar-refractivity contribution >= 4 is 0 Å². The molecule has 1 spiro atoms. The molecule has 54 valence electrons. The Morgan fingerprint density at radius 2 is 2.50 bits per heavy atom. The topological polar surface area (TPSA) is 25.1 Å². The summed E-state index contributed by atoms with van der Waals surface area (Å²) in [5.74, 6) is -0.160. The summed E-state index contributed by atoms with van der Waals surface area (Å²) < 4.78 is 11.0. The Morgan fingerprint density at radius 1 is 1.60 bits per heavy atom. The third-order valence-electron chi connectivity index (χ3n) is 2.91. The second kappa shape index (κ2) is 1.19. The lowest BCUT2D eigenvalue weighted by atomic mass is 9.89. The quantitative estimate of drug-likeness (QED) is 0.402. The first-order valence-electron chi connectivity index (χ1n) is 3.85. The van der Waals surface area contributed by atoms with Gasteiger partial charge in [0.25, 0.3) is 0 Å². The Morgan fingerprint density at radius 3 is 3.20 bits per heavy atom. The van der Waals surface area contributed by atoms with Gasteiger partial charge < -0.3 is 9.47 Å². The van der Waals surface area contributed by atoms with Gasteiger partial charge in [-0.2, -0.15) is 0 Å². The van der Waals surface area contributed by atoms with E-state index in [0.29, 0.717) is 6.10 Å². The monoisotopic (exact) mass is 138 g/mol. The van der Waals surface area contributed by atoms with Crippen LogP contribution in [0.15, 0.2) is 12.7 Å². The van der Waals surface area contributed by atoms with Crippen molar-refractivity contribution in [3.8, 4) is 0 Å². The highest BCUT2D eigenvalue weighted by atomic mass is 16.9. The first kappa shape index (κ1) is 5.33. The highest BCUT2D eigenvalue weighted by molar-refractivity contribution is 5.31. The van der Waals surface area contributed by atoms with Gasteiger partial charge in [-0.25, -0.2) is 0 Å². The summed E-state index contributed by atoms with van der Waals surface area (Å²) in [7, 11) is 0. The summed E-state index contributed by atoms with van der Waals surface area (Å²) in [5.41, 5.74) is -0.0596. The van der Waals surface area contributed by atoms with Crippen LogP contribution in [-0.2, 0) is 9.47 Å². The van der Waals surface area contributed by atoms with E-state index in [1.807, 2.05) is 6.08 Å². The Labute approximate surface area is 59.8 Å². The molecule has 0 bridgehead atoms. The molecule has 3 unspecified atom stereocenters. The van der Waals surface area contributed by atoms with Gasteiger partial charge in [0.05, 0.1) is 0 Å². The van der Waals surface area contributed by atoms with E-state index in [-0.39, 0.29) is 11.4 Å². The molecular formula is C8H10O2. The van der Waals surface area contributed by atoms with E-state index in [2.05, 4.69) is 6.58 Å². The number of hydrogen-bond acceptors (Lipinski definition) is 2. The van der Waals surface area contributed by atoms with Gasteiger partial charge in [0.15, 0.2) is 0 Å². The molecule has 1 aliphatic carbocycles. The maximum Gasteiger partial charge on any atom is 0.230 e. The van der Waals surface area contributed by atoms with Crippen molar-refractivity contribution in [1.29, 1.82) is 0 Å². The molecule has 0 aromatic rings. The highest BCUT2D eigenvalue weighted by Gasteiger charge is 2.85. The summed E-state index contributed by atoms with van der Waals surface area (Å²) in [6.45, 7) is 3.76. The van der Waals surface area contributed by atoms with E-state index < -0.39 is 0 Å². The van der Waals surface area contributed by atoms with Crippen molar-refractivity contribution < 1.29 is 9.47 Å². The fourth-order valence-electron chi connectivity index (χ4n) is 2.19. The molecule has 2 saturated heterocycles. The largest absolute Gasteiger partial charge is 0.336 e. The van der Waals surface area contributed by atoms with Crippen LogP contribution in [0.25, 0.3) is 0 Å². The third-order valence-corrected chi connectivity index (χ3v) is 2.91. The summed E-state index contributed by atoms with van der Waals surface area (Å²) in [4.78, 5) is 0. The van der Waals surface area contributed by atoms with Crippen molar-refractivity contribution in [2.24, 2.45) is 0 Å². The van der Waals surface area contributed by atoms with E-state index in [1.54, 1.807) is 0 Å². The van der Waals surface area contributed by atoms with E-state index in [9.17, 15) is 0 Å². The molecule has 2 aliphatic heterocycles. The molecule has 2 heterocycles. The maximum atomic E-state index is 5.54. The number of rotatable bonds is 1. The summed E-state index contributed by atoms with van der Waals surface area (Å²) in [6, 6.07) is 0. The molecule has 0 aromatic heterocycles. The smallest absolute Gasteiger partial charge is 0.230 e. The number of hydrogen-bond donors (Lipinski definition) is 0. The van der Waals surface area contributed by atoms with Gasteiger partial charge in [-0.3, -0.25) is 0 Å². The molecule has 10 heavy (non-hydrogen) atoms. The van der Waals surface area contributed by atoms with Crippen LogP contribution in [0.2, 0.25) is 0 Å². The fraction of sp³-hybridized carbons (Fsp3) is 0.750. The minimum atomic E-state index is -0.160. The Balaban J connectivity index is 1.98.